The predicted molar refractivity (Wildman–Crippen MR) is 44.8 cm³/mol. The molecule has 1 saturated heterocycles. The Morgan fingerprint density at radius 3 is 2.75 bits per heavy atom. The van der Waals surface area contributed by atoms with Crippen LogP contribution in [0.25, 0.3) is 0 Å². The summed E-state index contributed by atoms with van der Waals surface area (Å²) >= 11 is 5.64. The highest BCUT2D eigenvalue weighted by Crippen LogP contribution is 2.26. The van der Waals surface area contributed by atoms with Gasteiger partial charge in [-0.15, -0.1) is 11.6 Å². The van der Waals surface area contributed by atoms with E-state index >= 15 is 0 Å². The van der Waals surface area contributed by atoms with Crippen LogP contribution in [0.15, 0.2) is 0 Å². The molecule has 0 spiro atoms. The van der Waals surface area contributed by atoms with E-state index < -0.39 is 11.9 Å². The molecular weight excluding hydrogens is 178 g/mol. The Balaban J connectivity index is 2.60. The van der Waals surface area contributed by atoms with E-state index in [0.29, 0.717) is 12.3 Å². The molecule has 0 amide bonds. The van der Waals surface area contributed by atoms with Gasteiger partial charge in [0.05, 0.1) is 12.2 Å². The lowest BCUT2D eigenvalue weighted by Gasteiger charge is -2.37. The third-order valence-corrected chi connectivity index (χ3v) is 2.01. The van der Waals surface area contributed by atoms with Crippen LogP contribution in [0.3, 0.4) is 0 Å². The van der Waals surface area contributed by atoms with Crippen molar-refractivity contribution in [1.29, 1.82) is 5.26 Å². The quantitative estimate of drug-likeness (QED) is 0.590. The van der Waals surface area contributed by atoms with E-state index in [-0.39, 0.29) is 6.10 Å². The second-order valence-corrected chi connectivity index (χ2v) is 3.57. The summed E-state index contributed by atoms with van der Waals surface area (Å²) in [6, 6.07) is 2.06. The van der Waals surface area contributed by atoms with Crippen LogP contribution in [0.2, 0.25) is 0 Å². The molecule has 4 heteroatoms. The molecule has 0 aromatic heterocycles. The second-order valence-electron chi connectivity index (χ2n) is 3.27. The molecule has 0 radical (unpaired) electrons. The molecule has 1 aliphatic rings. The molecule has 3 nitrogen and oxygen atoms in total. The third-order valence-electron chi connectivity index (χ3n) is 1.67. The zero-order chi connectivity index (χ0) is 9.19. The van der Waals surface area contributed by atoms with Gasteiger partial charge >= 0.3 is 0 Å². The maximum Gasteiger partial charge on any atom is 0.164 e. The fourth-order valence-electron chi connectivity index (χ4n) is 1.28. The number of rotatable bonds is 1. The van der Waals surface area contributed by atoms with Crippen molar-refractivity contribution in [1.82, 2.24) is 0 Å². The zero-order valence-electron chi connectivity index (χ0n) is 7.21. The van der Waals surface area contributed by atoms with Crippen LogP contribution in [0.1, 0.15) is 20.3 Å². The smallest absolute Gasteiger partial charge is 0.164 e. The van der Waals surface area contributed by atoms with E-state index in [9.17, 15) is 0 Å². The molecule has 1 rings (SSSR count). The van der Waals surface area contributed by atoms with Crippen LogP contribution < -0.4 is 0 Å². The highest BCUT2D eigenvalue weighted by atomic mass is 35.5. The normalized spacial score (nSPS) is 34.2. The molecule has 1 aliphatic heterocycles. The number of alkyl halides is 1. The van der Waals surface area contributed by atoms with Crippen LogP contribution in [0.5, 0.6) is 0 Å². The van der Waals surface area contributed by atoms with Gasteiger partial charge in [0.15, 0.2) is 5.79 Å². The zero-order valence-corrected chi connectivity index (χ0v) is 7.97. The molecule has 12 heavy (non-hydrogen) atoms. The Hall–Kier alpha value is -0.300. The van der Waals surface area contributed by atoms with Crippen molar-refractivity contribution < 1.29 is 9.47 Å². The lowest BCUT2D eigenvalue weighted by atomic mass is 10.1. The van der Waals surface area contributed by atoms with Gasteiger partial charge < -0.3 is 9.47 Å². The number of hydrogen-bond acceptors (Lipinski definition) is 3. The summed E-state index contributed by atoms with van der Waals surface area (Å²) < 4.78 is 10.8. The van der Waals surface area contributed by atoms with Gasteiger partial charge in [0.1, 0.15) is 6.10 Å². The van der Waals surface area contributed by atoms with Gasteiger partial charge in [-0.2, -0.15) is 5.26 Å². The van der Waals surface area contributed by atoms with Crippen molar-refractivity contribution in [2.75, 3.05) is 5.88 Å². The van der Waals surface area contributed by atoms with Gasteiger partial charge in [-0.05, 0) is 13.8 Å². The van der Waals surface area contributed by atoms with Gasteiger partial charge in [0, 0.05) is 12.3 Å². The number of hydrogen-bond donors (Lipinski definition) is 0. The third kappa shape index (κ3) is 2.34. The Morgan fingerprint density at radius 1 is 1.58 bits per heavy atom. The molecule has 0 N–H and O–H groups in total. The van der Waals surface area contributed by atoms with E-state index in [4.69, 9.17) is 26.3 Å². The first-order valence-electron chi connectivity index (χ1n) is 3.88. The van der Waals surface area contributed by atoms with Gasteiger partial charge in [0.2, 0.25) is 0 Å². The summed E-state index contributed by atoms with van der Waals surface area (Å²) in [6.07, 6.45) is 0.0984. The molecule has 0 bridgehead atoms. The Bertz CT molecular complexity index is 200. The molecular formula is C8H12ClNO2. The lowest BCUT2D eigenvalue weighted by molar-refractivity contribution is -0.284. The summed E-state index contributed by atoms with van der Waals surface area (Å²) in [5, 5.41) is 8.66. The van der Waals surface area contributed by atoms with Crippen LogP contribution in [0.4, 0.5) is 0 Å². The van der Waals surface area contributed by atoms with Crippen LogP contribution in [-0.2, 0) is 9.47 Å². The maximum atomic E-state index is 8.66. The molecule has 0 aromatic carbocycles. The minimum Gasteiger partial charge on any atom is -0.346 e. The van der Waals surface area contributed by atoms with Gasteiger partial charge in [-0.1, -0.05) is 0 Å². The van der Waals surface area contributed by atoms with Gasteiger partial charge in [-0.25, -0.2) is 0 Å². The van der Waals surface area contributed by atoms with Crippen molar-refractivity contribution in [3.05, 3.63) is 0 Å². The number of nitrogens with zero attached hydrogens (tertiary/aromatic N) is 1. The van der Waals surface area contributed by atoms with E-state index in [2.05, 4.69) is 6.07 Å². The fourth-order valence-corrected chi connectivity index (χ4v) is 1.47. The molecule has 2 atom stereocenters. The van der Waals surface area contributed by atoms with Gasteiger partial charge in [0.25, 0.3) is 0 Å². The van der Waals surface area contributed by atoms with E-state index in [1.165, 1.54) is 0 Å². The minimum atomic E-state index is -0.682. The van der Waals surface area contributed by atoms with Crippen molar-refractivity contribution in [3.8, 4) is 6.07 Å². The second kappa shape index (κ2) is 3.61. The monoisotopic (exact) mass is 189 g/mol. The number of ether oxygens (including phenoxy) is 2. The Kier molecular flexibility index (Phi) is 2.94. The minimum absolute atomic E-state index is 0.0694. The van der Waals surface area contributed by atoms with Crippen LogP contribution >= 0.6 is 11.6 Å². The van der Waals surface area contributed by atoms with Crippen LogP contribution in [-0.4, -0.2) is 23.9 Å². The highest BCUT2D eigenvalue weighted by molar-refractivity contribution is 6.18. The largest absolute Gasteiger partial charge is 0.346 e. The maximum absolute atomic E-state index is 8.66. The summed E-state index contributed by atoms with van der Waals surface area (Å²) in [5.41, 5.74) is 0. The van der Waals surface area contributed by atoms with E-state index in [1.54, 1.807) is 13.8 Å². The van der Waals surface area contributed by atoms with Gasteiger partial charge in [-0.3, -0.25) is 0 Å². The standard InChI is InChI=1S/C8H12ClNO2/c1-8(2)11-6(4-9)3-7(5-10)12-8/h6-7H,3-4H2,1-2H3/t6-,7-/m0/s1. The van der Waals surface area contributed by atoms with Crippen molar-refractivity contribution in [2.45, 2.75) is 38.3 Å². The molecule has 68 valence electrons. The van der Waals surface area contributed by atoms with E-state index in [0.717, 1.165) is 0 Å². The molecule has 0 saturated carbocycles. The molecule has 1 fully saturated rings. The topological polar surface area (TPSA) is 42.2 Å². The first-order valence-corrected chi connectivity index (χ1v) is 4.42. The van der Waals surface area contributed by atoms with Crippen molar-refractivity contribution >= 4 is 11.6 Å². The number of halogens is 1. The summed E-state index contributed by atoms with van der Waals surface area (Å²) in [5.74, 6) is -0.275. The SMILES string of the molecule is CC1(C)O[C@H](CCl)C[C@@H](C#N)O1. The number of nitriles is 1. The molecule has 0 unspecified atom stereocenters. The average Bonchev–Trinajstić information content (AvgIpc) is 2.01. The first-order chi connectivity index (χ1) is 5.57. The van der Waals surface area contributed by atoms with Crippen molar-refractivity contribution in [2.24, 2.45) is 0 Å². The summed E-state index contributed by atoms with van der Waals surface area (Å²) in [4.78, 5) is 0. The Morgan fingerprint density at radius 2 is 2.25 bits per heavy atom. The lowest BCUT2D eigenvalue weighted by Crippen LogP contribution is -2.44. The average molecular weight is 190 g/mol. The summed E-state index contributed by atoms with van der Waals surface area (Å²) in [7, 11) is 0. The molecule has 0 aliphatic carbocycles. The fraction of sp³-hybridized carbons (Fsp3) is 0.875. The first kappa shape index (κ1) is 9.79. The van der Waals surface area contributed by atoms with E-state index in [1.807, 2.05) is 0 Å². The van der Waals surface area contributed by atoms with Crippen LogP contribution in [0, 0.1) is 11.3 Å². The predicted octanol–water partition coefficient (Wildman–Crippen LogP) is 1.66. The molecule has 0 aromatic rings. The summed E-state index contributed by atoms with van der Waals surface area (Å²) in [6.45, 7) is 3.58. The molecule has 1 heterocycles. The highest BCUT2D eigenvalue weighted by Gasteiger charge is 2.34. The van der Waals surface area contributed by atoms with Crippen molar-refractivity contribution in [3.63, 3.8) is 0 Å². The Labute approximate surface area is 77.2 Å².